The van der Waals surface area contributed by atoms with Gasteiger partial charge in [-0.1, -0.05) is 17.7 Å². The van der Waals surface area contributed by atoms with E-state index in [4.69, 9.17) is 25.8 Å². The van der Waals surface area contributed by atoms with Crippen LogP contribution >= 0.6 is 11.6 Å². The molecule has 0 bridgehead atoms. The number of carbonyl (C=O) groups is 2. The second kappa shape index (κ2) is 10.1. The van der Waals surface area contributed by atoms with Gasteiger partial charge in [-0.05, 0) is 48.9 Å². The highest BCUT2D eigenvalue weighted by Crippen LogP contribution is 2.36. The van der Waals surface area contributed by atoms with Gasteiger partial charge in [0.05, 0.1) is 37.2 Å². The number of halogens is 1. The molecule has 2 N–H and O–H groups in total. The number of urea groups is 1. The van der Waals surface area contributed by atoms with Gasteiger partial charge in [-0.15, -0.1) is 0 Å². The molecule has 0 unspecified atom stereocenters. The van der Waals surface area contributed by atoms with Gasteiger partial charge in [0.1, 0.15) is 5.92 Å². The average molecular weight is 495 g/mol. The van der Waals surface area contributed by atoms with Gasteiger partial charge in [0, 0.05) is 10.7 Å². The quantitative estimate of drug-likeness (QED) is 0.567. The van der Waals surface area contributed by atoms with Gasteiger partial charge in [-0.3, -0.25) is 4.79 Å². The fraction of sp³-hybridized carbons (Fsp3) is 0.273. The Morgan fingerprint density at radius 2 is 1.76 bits per heavy atom. The Hall–Kier alpha value is -3.24. The molecule has 2 amide bonds. The number of esters is 1. The van der Waals surface area contributed by atoms with Crippen molar-refractivity contribution in [3.8, 4) is 11.5 Å². The summed E-state index contributed by atoms with van der Waals surface area (Å²) in [6.45, 7) is 1.70. The van der Waals surface area contributed by atoms with E-state index in [9.17, 15) is 18.0 Å². The Bertz CT molecular complexity index is 1180. The van der Waals surface area contributed by atoms with Crippen LogP contribution in [0.15, 0.2) is 58.5 Å². The van der Waals surface area contributed by atoms with E-state index in [1.54, 1.807) is 25.1 Å². The van der Waals surface area contributed by atoms with Crippen LogP contribution in [0.5, 0.6) is 11.5 Å². The zero-order chi connectivity index (χ0) is 24.2. The second-order valence-electron chi connectivity index (χ2n) is 6.99. The lowest BCUT2D eigenvalue weighted by Gasteiger charge is -2.33. The SMILES string of the molecule is CCOC(=O)[C@@H]1/C(=C\S(=O)(=O)c2ccc(Cl)cc2)NC(=O)N[C@@H]1c1ccc(OC)c(OC)c1. The minimum absolute atomic E-state index is 0.0440. The molecule has 0 saturated carbocycles. The normalized spacial score (nSPS) is 19.4. The Labute approximate surface area is 196 Å². The van der Waals surface area contributed by atoms with Crippen LogP contribution in [0.4, 0.5) is 4.79 Å². The molecule has 2 atom stereocenters. The molecule has 2 aromatic rings. The van der Waals surface area contributed by atoms with Gasteiger partial charge in [-0.2, -0.15) is 0 Å². The molecule has 1 aliphatic heterocycles. The summed E-state index contributed by atoms with van der Waals surface area (Å²) in [6.07, 6.45) is 0. The van der Waals surface area contributed by atoms with E-state index in [0.717, 1.165) is 5.41 Å². The molecule has 2 aromatic carbocycles. The van der Waals surface area contributed by atoms with Crippen molar-refractivity contribution in [3.05, 3.63) is 64.2 Å². The molecule has 3 rings (SSSR count). The first-order valence-electron chi connectivity index (χ1n) is 9.88. The highest BCUT2D eigenvalue weighted by molar-refractivity contribution is 7.94. The number of ether oxygens (including phenoxy) is 3. The largest absolute Gasteiger partial charge is 0.493 e. The number of hydrogen-bond donors (Lipinski definition) is 2. The fourth-order valence-corrected chi connectivity index (χ4v) is 4.75. The predicted octanol–water partition coefficient (Wildman–Crippen LogP) is 3.21. The zero-order valence-electron chi connectivity index (χ0n) is 18.1. The molecule has 1 fully saturated rings. The summed E-state index contributed by atoms with van der Waals surface area (Å²) < 4.78 is 41.7. The van der Waals surface area contributed by atoms with Crippen LogP contribution in [0.1, 0.15) is 18.5 Å². The topological polar surface area (TPSA) is 120 Å². The van der Waals surface area contributed by atoms with E-state index in [2.05, 4.69) is 10.6 Å². The maximum Gasteiger partial charge on any atom is 0.319 e. The van der Waals surface area contributed by atoms with E-state index in [0.29, 0.717) is 22.1 Å². The molecular weight excluding hydrogens is 472 g/mol. The molecular formula is C22H23ClN2O7S. The molecule has 0 radical (unpaired) electrons. The van der Waals surface area contributed by atoms with Crippen LogP contribution < -0.4 is 20.1 Å². The minimum Gasteiger partial charge on any atom is -0.493 e. The number of rotatable bonds is 7. The minimum atomic E-state index is -4.03. The average Bonchev–Trinajstić information content (AvgIpc) is 2.78. The number of carbonyl (C=O) groups excluding carboxylic acids is 2. The third-order valence-electron chi connectivity index (χ3n) is 4.94. The summed E-state index contributed by atoms with van der Waals surface area (Å²) in [7, 11) is -1.09. The Morgan fingerprint density at radius 3 is 2.36 bits per heavy atom. The lowest BCUT2D eigenvalue weighted by molar-refractivity contribution is -0.147. The van der Waals surface area contributed by atoms with Crippen LogP contribution in [-0.4, -0.2) is 41.2 Å². The molecule has 1 saturated heterocycles. The molecule has 176 valence electrons. The number of nitrogens with one attached hydrogen (secondary N) is 2. The standard InChI is InChI=1S/C22H23ClN2O7S/c1-4-32-21(26)19-16(12-33(28,29)15-8-6-14(23)7-9-15)24-22(27)25-20(19)13-5-10-17(30-2)18(11-13)31-3/h5-12,19-20H,4H2,1-3H3,(H2,24,25,27)/b16-12+/t19-,20-/m1/s1. The van der Waals surface area contributed by atoms with E-state index in [-0.39, 0.29) is 17.2 Å². The molecule has 1 heterocycles. The van der Waals surface area contributed by atoms with E-state index in [1.165, 1.54) is 38.5 Å². The third-order valence-corrected chi connectivity index (χ3v) is 6.69. The number of sulfone groups is 1. The smallest absolute Gasteiger partial charge is 0.319 e. The molecule has 1 aliphatic rings. The lowest BCUT2D eigenvalue weighted by atomic mass is 9.89. The van der Waals surface area contributed by atoms with Crippen molar-refractivity contribution in [3.63, 3.8) is 0 Å². The van der Waals surface area contributed by atoms with Crippen LogP contribution in [-0.2, 0) is 19.4 Å². The Kier molecular flexibility index (Phi) is 7.50. The van der Waals surface area contributed by atoms with Gasteiger partial charge in [-0.25, -0.2) is 13.2 Å². The predicted molar refractivity (Wildman–Crippen MR) is 121 cm³/mol. The molecule has 33 heavy (non-hydrogen) atoms. The summed E-state index contributed by atoms with van der Waals surface area (Å²) in [5.74, 6) is -1.04. The van der Waals surface area contributed by atoms with Crippen LogP contribution in [0.2, 0.25) is 5.02 Å². The highest BCUT2D eigenvalue weighted by Gasteiger charge is 2.41. The van der Waals surface area contributed by atoms with E-state index >= 15 is 0 Å². The third kappa shape index (κ3) is 5.40. The Morgan fingerprint density at radius 1 is 1.09 bits per heavy atom. The summed E-state index contributed by atoms with van der Waals surface area (Å²) in [5.41, 5.74) is 0.377. The van der Waals surface area contributed by atoms with Gasteiger partial charge >= 0.3 is 12.0 Å². The van der Waals surface area contributed by atoms with Gasteiger partial charge in [0.2, 0.25) is 9.84 Å². The van der Waals surface area contributed by atoms with Crippen LogP contribution in [0.25, 0.3) is 0 Å². The summed E-state index contributed by atoms with van der Waals surface area (Å²) in [5, 5.41) is 6.35. The maximum atomic E-state index is 13.0. The van der Waals surface area contributed by atoms with Crippen molar-refractivity contribution in [1.82, 2.24) is 10.6 Å². The molecule has 0 aliphatic carbocycles. The van der Waals surface area contributed by atoms with Crippen molar-refractivity contribution in [2.24, 2.45) is 5.92 Å². The first-order valence-corrected chi connectivity index (χ1v) is 11.8. The molecule has 9 nitrogen and oxygen atoms in total. The van der Waals surface area contributed by atoms with E-state index < -0.39 is 33.8 Å². The highest BCUT2D eigenvalue weighted by atomic mass is 35.5. The van der Waals surface area contributed by atoms with Crippen LogP contribution in [0, 0.1) is 5.92 Å². The molecule has 0 spiro atoms. The number of hydrogen-bond acceptors (Lipinski definition) is 7. The second-order valence-corrected chi connectivity index (χ2v) is 9.23. The number of methoxy groups -OCH3 is 2. The monoisotopic (exact) mass is 494 g/mol. The summed E-state index contributed by atoms with van der Waals surface area (Å²) in [4.78, 5) is 25.3. The first-order chi connectivity index (χ1) is 15.7. The Balaban J connectivity index is 2.11. The summed E-state index contributed by atoms with van der Waals surface area (Å²) in [6, 6.07) is 8.82. The lowest BCUT2D eigenvalue weighted by Crippen LogP contribution is -2.51. The maximum absolute atomic E-state index is 13.0. The van der Waals surface area contributed by atoms with Crippen LogP contribution in [0.3, 0.4) is 0 Å². The van der Waals surface area contributed by atoms with Crippen molar-refractivity contribution in [2.75, 3.05) is 20.8 Å². The number of benzene rings is 2. The molecule has 0 aromatic heterocycles. The molecule has 11 heteroatoms. The van der Waals surface area contributed by atoms with Crippen molar-refractivity contribution in [2.45, 2.75) is 17.9 Å². The number of amides is 2. The van der Waals surface area contributed by atoms with E-state index in [1.807, 2.05) is 0 Å². The zero-order valence-corrected chi connectivity index (χ0v) is 19.7. The van der Waals surface area contributed by atoms with Crippen molar-refractivity contribution >= 4 is 33.4 Å². The fourth-order valence-electron chi connectivity index (χ4n) is 3.43. The van der Waals surface area contributed by atoms with Gasteiger partial charge in [0.15, 0.2) is 11.5 Å². The summed E-state index contributed by atoms with van der Waals surface area (Å²) >= 11 is 5.85. The van der Waals surface area contributed by atoms with Crippen molar-refractivity contribution < 1.29 is 32.2 Å². The first kappa shape index (κ1) is 24.4. The van der Waals surface area contributed by atoms with Gasteiger partial charge < -0.3 is 24.8 Å². The van der Waals surface area contributed by atoms with Crippen molar-refractivity contribution in [1.29, 1.82) is 0 Å². The van der Waals surface area contributed by atoms with Gasteiger partial charge in [0.25, 0.3) is 0 Å².